The van der Waals surface area contributed by atoms with Crippen LogP contribution in [-0.2, 0) is 22.7 Å². The average Bonchev–Trinajstić information content (AvgIpc) is 1.53. The van der Waals surface area contributed by atoms with Crippen molar-refractivity contribution >= 4 is 132 Å². The number of fused-ring (bicyclic) bond motifs is 24. The first-order valence-corrected chi connectivity index (χ1v) is 45.1. The standard InChI is InChI=1S/C123H85N5/c1-121(2)103-40-14-9-27-89(103)101-72-80(58-69-104(101)121)76-50-60-83(61-51-76)124(113-47-23-38-97-95-36-19-34-93-91-29-11-16-43-109(91)127(117(93)95)119(97)113)85-64-54-78(55-65-85)87-32-21-42-107-115(87)99-68-49-75(71-108(99)122(107,3)4)74-123(5)105-41-15-10-28-90(105)102-73-81(59-70-106(102)123)77-52-62-84(63-53-77)125(114-48-24-39-98-96-37-20-35-94-92-30-12-17-44-110(92)128(118(94)96)120(98)114)86-66-56-79(57-67-86)88-33-22-46-112-116(88)100-31-13-18-45-111(100)126(112)82-25-7-6-8-26-82/h6-73H,74H2,1-5H3. The number of hydrogen-bond donors (Lipinski definition) is 0. The van der Waals surface area contributed by atoms with E-state index in [2.05, 4.69) is 470 Å². The second kappa shape index (κ2) is 26.9. The Kier molecular flexibility index (Phi) is 15.2. The zero-order valence-corrected chi connectivity index (χ0v) is 71.7. The molecular weight excluding hydrogens is 1550 g/mol. The van der Waals surface area contributed by atoms with E-state index in [1.54, 1.807) is 0 Å². The molecule has 27 rings (SSSR count). The van der Waals surface area contributed by atoms with Crippen molar-refractivity contribution in [1.29, 1.82) is 0 Å². The van der Waals surface area contributed by atoms with Crippen LogP contribution in [0.25, 0.3) is 182 Å². The summed E-state index contributed by atoms with van der Waals surface area (Å²) in [6, 6.07) is 156. The van der Waals surface area contributed by atoms with Crippen molar-refractivity contribution in [3.8, 4) is 83.6 Å². The van der Waals surface area contributed by atoms with Crippen molar-refractivity contribution in [2.24, 2.45) is 0 Å². The molecule has 0 aliphatic heterocycles. The summed E-state index contributed by atoms with van der Waals surface area (Å²) in [5.74, 6) is 0. The van der Waals surface area contributed by atoms with Gasteiger partial charge in [0.05, 0.1) is 55.5 Å². The highest BCUT2D eigenvalue weighted by Crippen LogP contribution is 2.58. The minimum Gasteiger partial charge on any atom is -0.309 e. The monoisotopic (exact) mass is 1630 g/mol. The van der Waals surface area contributed by atoms with Gasteiger partial charge in [0.1, 0.15) is 0 Å². The number of rotatable bonds is 13. The molecule has 128 heavy (non-hydrogen) atoms. The Labute approximate surface area is 742 Å². The summed E-state index contributed by atoms with van der Waals surface area (Å²) in [5, 5.41) is 12.6. The van der Waals surface area contributed by atoms with Crippen molar-refractivity contribution in [3.63, 3.8) is 0 Å². The van der Waals surface area contributed by atoms with Crippen LogP contribution < -0.4 is 9.80 Å². The number of aromatic nitrogens is 3. The van der Waals surface area contributed by atoms with E-state index in [9.17, 15) is 0 Å². The van der Waals surface area contributed by atoms with Gasteiger partial charge in [-0.05, 0) is 232 Å². The Morgan fingerprint density at radius 3 is 1.18 bits per heavy atom. The Hall–Kier alpha value is -15.8. The molecule has 5 heteroatoms. The van der Waals surface area contributed by atoms with E-state index in [4.69, 9.17) is 0 Å². The fraction of sp³-hybridized carbons (Fsp3) is 0.0732. The highest BCUT2D eigenvalue weighted by Gasteiger charge is 2.43. The minimum atomic E-state index is -0.296. The second-order valence-corrected chi connectivity index (χ2v) is 37.2. The van der Waals surface area contributed by atoms with E-state index in [0.29, 0.717) is 0 Å². The molecule has 0 amide bonds. The summed E-state index contributed by atoms with van der Waals surface area (Å²) < 4.78 is 7.46. The van der Waals surface area contributed by atoms with Crippen molar-refractivity contribution in [2.75, 3.05) is 9.80 Å². The van der Waals surface area contributed by atoms with Gasteiger partial charge in [0.15, 0.2) is 0 Å². The normalized spacial score (nSPS) is 14.6. The summed E-state index contributed by atoms with van der Waals surface area (Å²) in [6.45, 7) is 12.1. The maximum Gasteiger partial charge on any atom is 0.0782 e. The molecule has 1 unspecified atom stereocenters. The SMILES string of the molecule is CC1(C)c2ccccc2-c2cc(-c3ccc(N(c4ccc(-c5cccc6c5-c5ccc(CC7(C)c8ccccc8-c8cc(-c9ccc(N(c%10ccc(-c%11cccc%12c%11c%11ccccc%11n%12-c%11ccccc%11)cc%10)c%10cccc%11c%12cccc%13c%14ccccc%14n(c%10%11)c%13%12)cc9)ccc87)cc5C6(C)C)cc4)c4cccc5c6cccc7c8ccccc8n(c45)c76)cc3)ccc21. The highest BCUT2D eigenvalue weighted by atomic mass is 15.2. The molecule has 602 valence electrons. The van der Waals surface area contributed by atoms with Crippen LogP contribution in [0.5, 0.6) is 0 Å². The Morgan fingerprint density at radius 1 is 0.227 bits per heavy atom. The van der Waals surface area contributed by atoms with Crippen LogP contribution in [0.2, 0.25) is 0 Å². The van der Waals surface area contributed by atoms with Gasteiger partial charge >= 0.3 is 0 Å². The summed E-state index contributed by atoms with van der Waals surface area (Å²) >= 11 is 0. The lowest BCUT2D eigenvalue weighted by Gasteiger charge is -2.29. The summed E-state index contributed by atoms with van der Waals surface area (Å²) in [7, 11) is 0. The van der Waals surface area contributed by atoms with Gasteiger partial charge in [0.25, 0.3) is 0 Å². The molecule has 5 aromatic heterocycles. The molecule has 5 heterocycles. The van der Waals surface area contributed by atoms with Crippen molar-refractivity contribution in [1.82, 2.24) is 13.4 Å². The van der Waals surface area contributed by atoms with E-state index >= 15 is 0 Å². The third-order valence-electron chi connectivity index (χ3n) is 29.8. The third-order valence-corrected chi connectivity index (χ3v) is 29.8. The van der Waals surface area contributed by atoms with E-state index in [0.717, 1.165) is 46.2 Å². The molecule has 0 saturated carbocycles. The quantitative estimate of drug-likeness (QED) is 0.115. The summed E-state index contributed by atoms with van der Waals surface area (Å²) in [5.41, 5.74) is 44.0. The molecule has 0 N–H and O–H groups in total. The van der Waals surface area contributed by atoms with Crippen LogP contribution in [0.3, 0.4) is 0 Å². The second-order valence-electron chi connectivity index (χ2n) is 37.2. The Bertz CT molecular complexity index is 8780. The Morgan fingerprint density at radius 2 is 0.602 bits per heavy atom. The number of anilines is 6. The van der Waals surface area contributed by atoms with E-state index < -0.39 is 0 Å². The van der Waals surface area contributed by atoms with Gasteiger partial charge in [-0.25, -0.2) is 0 Å². The number of hydrogen-bond acceptors (Lipinski definition) is 2. The smallest absolute Gasteiger partial charge is 0.0782 e. The molecule has 0 spiro atoms. The first kappa shape index (κ1) is 72.6. The molecule has 0 fully saturated rings. The molecule has 5 nitrogen and oxygen atoms in total. The van der Waals surface area contributed by atoms with Gasteiger partial charge in [0, 0.05) is 98.5 Å². The van der Waals surface area contributed by atoms with Crippen LogP contribution in [0.15, 0.2) is 413 Å². The van der Waals surface area contributed by atoms with Crippen LogP contribution in [-0.4, -0.2) is 13.4 Å². The average molecular weight is 1630 g/mol. The van der Waals surface area contributed by atoms with Gasteiger partial charge in [-0.2, -0.15) is 0 Å². The zero-order valence-electron chi connectivity index (χ0n) is 71.7. The lowest BCUT2D eigenvalue weighted by atomic mass is 9.74. The third kappa shape index (κ3) is 10.2. The van der Waals surface area contributed by atoms with Crippen LogP contribution in [0.1, 0.15) is 73.6 Å². The van der Waals surface area contributed by atoms with Gasteiger partial charge in [0.2, 0.25) is 0 Å². The predicted molar refractivity (Wildman–Crippen MR) is 538 cm³/mol. The van der Waals surface area contributed by atoms with Gasteiger partial charge in [-0.15, -0.1) is 0 Å². The highest BCUT2D eigenvalue weighted by molar-refractivity contribution is 6.27. The zero-order chi connectivity index (χ0) is 84.7. The van der Waals surface area contributed by atoms with Crippen molar-refractivity contribution in [2.45, 2.75) is 57.3 Å². The summed E-state index contributed by atoms with van der Waals surface area (Å²) in [4.78, 5) is 4.98. The van der Waals surface area contributed by atoms with E-state index in [1.807, 2.05) is 0 Å². The molecule has 19 aromatic carbocycles. The van der Waals surface area contributed by atoms with E-state index in [1.165, 1.54) is 215 Å². The van der Waals surface area contributed by atoms with Crippen LogP contribution in [0, 0.1) is 0 Å². The maximum absolute atomic E-state index is 2.56. The fourth-order valence-electron chi connectivity index (χ4n) is 23.9. The molecule has 24 aromatic rings. The van der Waals surface area contributed by atoms with E-state index in [-0.39, 0.29) is 16.2 Å². The van der Waals surface area contributed by atoms with Gasteiger partial charge in [-0.1, -0.05) is 338 Å². The first-order chi connectivity index (χ1) is 62.9. The van der Waals surface area contributed by atoms with Gasteiger partial charge < -0.3 is 23.2 Å². The molecular formula is C123H85N5. The number of nitrogens with zero attached hydrogens (tertiary/aromatic N) is 5. The van der Waals surface area contributed by atoms with Gasteiger partial charge in [-0.3, -0.25) is 0 Å². The fourth-order valence-corrected chi connectivity index (χ4v) is 23.9. The molecule has 0 bridgehead atoms. The van der Waals surface area contributed by atoms with Crippen LogP contribution >= 0.6 is 0 Å². The largest absolute Gasteiger partial charge is 0.309 e. The minimum absolute atomic E-state index is 0.0550. The number of para-hydroxylation sites is 8. The molecule has 3 aliphatic carbocycles. The van der Waals surface area contributed by atoms with Crippen LogP contribution in [0.4, 0.5) is 34.1 Å². The van der Waals surface area contributed by atoms with Crippen molar-refractivity contribution < 1.29 is 0 Å². The lowest BCUT2D eigenvalue weighted by molar-refractivity contribution is 0.581. The van der Waals surface area contributed by atoms with Crippen molar-refractivity contribution in [3.05, 3.63) is 451 Å². The topological polar surface area (TPSA) is 20.2 Å². The molecule has 1 atom stereocenters. The molecule has 3 aliphatic rings. The number of benzene rings is 19. The lowest BCUT2D eigenvalue weighted by Crippen LogP contribution is -2.24. The molecule has 0 saturated heterocycles. The summed E-state index contributed by atoms with van der Waals surface area (Å²) in [6.07, 6.45) is 0.853. The maximum atomic E-state index is 2.56. The Balaban J connectivity index is 0.522. The molecule has 0 radical (unpaired) electrons. The first-order valence-electron chi connectivity index (χ1n) is 45.1. The predicted octanol–water partition coefficient (Wildman–Crippen LogP) is 32.8.